The van der Waals surface area contributed by atoms with Crippen molar-refractivity contribution in [3.63, 3.8) is 0 Å². The molecule has 5 heteroatoms. The Morgan fingerprint density at radius 1 is 1.40 bits per heavy atom. The molecule has 0 aliphatic rings. The zero-order valence-corrected chi connectivity index (χ0v) is 7.93. The molecule has 0 heterocycles. The Bertz CT molecular complexity index is 393. The van der Waals surface area contributed by atoms with Crippen LogP contribution in [0.4, 0.5) is 13.2 Å². The van der Waals surface area contributed by atoms with Gasteiger partial charge in [0.25, 0.3) is 0 Å². The number of nitriles is 1. The van der Waals surface area contributed by atoms with Crippen molar-refractivity contribution in [1.29, 1.82) is 5.26 Å². The van der Waals surface area contributed by atoms with Gasteiger partial charge in [-0.1, -0.05) is 6.07 Å². The van der Waals surface area contributed by atoms with E-state index >= 15 is 0 Å². The average molecular weight is 215 g/mol. The van der Waals surface area contributed by atoms with Crippen LogP contribution in [-0.2, 0) is 6.42 Å². The maximum absolute atomic E-state index is 11.8. The van der Waals surface area contributed by atoms with Crippen LogP contribution in [0.2, 0.25) is 0 Å². The minimum Gasteiger partial charge on any atom is -0.406 e. The van der Waals surface area contributed by atoms with Crippen LogP contribution in [0, 0.1) is 18.3 Å². The van der Waals surface area contributed by atoms with E-state index in [2.05, 4.69) is 4.74 Å². The van der Waals surface area contributed by atoms with Gasteiger partial charge in [0.2, 0.25) is 0 Å². The van der Waals surface area contributed by atoms with E-state index in [1.807, 2.05) is 6.07 Å². The van der Waals surface area contributed by atoms with Gasteiger partial charge < -0.3 is 4.74 Å². The molecular weight excluding hydrogens is 207 g/mol. The maximum atomic E-state index is 11.8. The van der Waals surface area contributed by atoms with Gasteiger partial charge in [0.05, 0.1) is 12.5 Å². The zero-order valence-electron chi connectivity index (χ0n) is 7.93. The highest BCUT2D eigenvalue weighted by atomic mass is 19.4. The molecule has 0 aromatic heterocycles. The van der Waals surface area contributed by atoms with Crippen LogP contribution < -0.4 is 4.74 Å². The molecule has 0 amide bonds. The topological polar surface area (TPSA) is 33.0 Å². The predicted molar refractivity (Wildman–Crippen MR) is 47.2 cm³/mol. The van der Waals surface area contributed by atoms with Gasteiger partial charge in [0.15, 0.2) is 0 Å². The summed E-state index contributed by atoms with van der Waals surface area (Å²) in [6, 6.07) is 5.85. The van der Waals surface area contributed by atoms with Crippen LogP contribution in [0.3, 0.4) is 0 Å². The van der Waals surface area contributed by atoms with Crippen LogP contribution in [0.1, 0.15) is 11.1 Å². The molecule has 0 aliphatic carbocycles. The van der Waals surface area contributed by atoms with Crippen molar-refractivity contribution >= 4 is 0 Å². The van der Waals surface area contributed by atoms with Crippen LogP contribution >= 0.6 is 0 Å². The van der Waals surface area contributed by atoms with Gasteiger partial charge in [0, 0.05) is 0 Å². The summed E-state index contributed by atoms with van der Waals surface area (Å²) in [5, 5.41) is 8.44. The molecule has 0 N–H and O–H groups in total. The third-order valence-corrected chi connectivity index (χ3v) is 1.82. The molecule has 1 aromatic rings. The number of alkyl halides is 3. The fraction of sp³-hybridized carbons (Fsp3) is 0.300. The van der Waals surface area contributed by atoms with Crippen LogP contribution in [-0.4, -0.2) is 6.36 Å². The fourth-order valence-electron chi connectivity index (χ4n) is 1.15. The molecule has 0 atom stereocenters. The van der Waals surface area contributed by atoms with Crippen molar-refractivity contribution in [2.75, 3.05) is 0 Å². The number of benzene rings is 1. The molecule has 2 nitrogen and oxygen atoms in total. The van der Waals surface area contributed by atoms with Gasteiger partial charge in [-0.05, 0) is 30.2 Å². The Labute approximate surface area is 84.9 Å². The van der Waals surface area contributed by atoms with Crippen molar-refractivity contribution in [2.45, 2.75) is 19.7 Å². The number of hydrogen-bond donors (Lipinski definition) is 0. The highest BCUT2D eigenvalue weighted by Gasteiger charge is 2.31. The van der Waals surface area contributed by atoms with E-state index in [-0.39, 0.29) is 12.2 Å². The van der Waals surface area contributed by atoms with Crippen molar-refractivity contribution in [3.8, 4) is 11.8 Å². The molecule has 0 aliphatic heterocycles. The molecule has 1 aromatic carbocycles. The SMILES string of the molecule is Cc1cc(OC(F)(F)F)ccc1CC#N. The zero-order chi connectivity index (χ0) is 11.5. The van der Waals surface area contributed by atoms with Crippen LogP contribution in [0.15, 0.2) is 18.2 Å². The van der Waals surface area contributed by atoms with Gasteiger partial charge in [0.1, 0.15) is 5.75 Å². The van der Waals surface area contributed by atoms with E-state index in [4.69, 9.17) is 5.26 Å². The lowest BCUT2D eigenvalue weighted by Crippen LogP contribution is -2.17. The Hall–Kier alpha value is -1.70. The number of rotatable bonds is 2. The molecule has 0 radical (unpaired) electrons. The molecule has 0 spiro atoms. The van der Waals surface area contributed by atoms with Crippen LogP contribution in [0.25, 0.3) is 0 Å². The smallest absolute Gasteiger partial charge is 0.406 e. The molecule has 0 unspecified atom stereocenters. The Morgan fingerprint density at radius 3 is 2.53 bits per heavy atom. The minimum absolute atomic E-state index is 0.179. The fourth-order valence-corrected chi connectivity index (χ4v) is 1.15. The van der Waals surface area contributed by atoms with E-state index < -0.39 is 6.36 Å². The minimum atomic E-state index is -4.68. The number of hydrogen-bond acceptors (Lipinski definition) is 2. The second-order valence-electron chi connectivity index (χ2n) is 2.97. The molecule has 15 heavy (non-hydrogen) atoms. The monoisotopic (exact) mass is 215 g/mol. The summed E-state index contributed by atoms with van der Waals surface area (Å²) in [5.41, 5.74) is 1.31. The van der Waals surface area contributed by atoms with Gasteiger partial charge in [-0.15, -0.1) is 13.2 Å². The Balaban J connectivity index is 2.88. The first-order valence-electron chi connectivity index (χ1n) is 4.14. The third kappa shape index (κ3) is 3.50. The standard InChI is InChI=1S/C10H8F3NO/c1-7-6-9(15-10(11,12)13)3-2-8(7)4-5-14/h2-3,6H,4H2,1H3. The summed E-state index contributed by atoms with van der Waals surface area (Å²) in [6.45, 7) is 1.63. The summed E-state index contributed by atoms with van der Waals surface area (Å²) in [5.74, 6) is -0.262. The number of aryl methyl sites for hydroxylation is 1. The van der Waals surface area contributed by atoms with Crippen molar-refractivity contribution in [3.05, 3.63) is 29.3 Å². The van der Waals surface area contributed by atoms with Crippen molar-refractivity contribution in [1.82, 2.24) is 0 Å². The molecule has 0 bridgehead atoms. The van der Waals surface area contributed by atoms with E-state index in [0.717, 1.165) is 0 Å². The highest BCUT2D eigenvalue weighted by Crippen LogP contribution is 2.24. The second kappa shape index (κ2) is 4.22. The lowest BCUT2D eigenvalue weighted by Gasteiger charge is -2.10. The first-order valence-corrected chi connectivity index (χ1v) is 4.14. The average Bonchev–Trinajstić information content (AvgIpc) is 2.07. The van der Waals surface area contributed by atoms with Gasteiger partial charge in [-0.2, -0.15) is 5.26 Å². The number of halogens is 3. The Morgan fingerprint density at radius 2 is 2.07 bits per heavy atom. The first-order chi connectivity index (χ1) is 6.92. The lowest BCUT2D eigenvalue weighted by atomic mass is 10.1. The summed E-state index contributed by atoms with van der Waals surface area (Å²) in [6.07, 6.45) is -4.50. The van der Waals surface area contributed by atoms with E-state index in [1.165, 1.54) is 18.2 Å². The second-order valence-corrected chi connectivity index (χ2v) is 2.97. The summed E-state index contributed by atoms with van der Waals surface area (Å²) in [7, 11) is 0. The van der Waals surface area contributed by atoms with Crippen LogP contribution in [0.5, 0.6) is 5.75 Å². The lowest BCUT2D eigenvalue weighted by molar-refractivity contribution is -0.274. The molecule has 0 fully saturated rings. The summed E-state index contributed by atoms with van der Waals surface area (Å²) < 4.78 is 39.3. The van der Waals surface area contributed by atoms with Gasteiger partial charge in [-0.25, -0.2) is 0 Å². The van der Waals surface area contributed by atoms with E-state index in [9.17, 15) is 13.2 Å². The summed E-state index contributed by atoms with van der Waals surface area (Å²) >= 11 is 0. The van der Waals surface area contributed by atoms with Crippen molar-refractivity contribution in [2.24, 2.45) is 0 Å². The third-order valence-electron chi connectivity index (χ3n) is 1.82. The molecule has 0 saturated heterocycles. The van der Waals surface area contributed by atoms with Gasteiger partial charge >= 0.3 is 6.36 Å². The number of ether oxygens (including phenoxy) is 1. The van der Waals surface area contributed by atoms with Crippen molar-refractivity contribution < 1.29 is 17.9 Å². The molecule has 0 saturated carbocycles. The maximum Gasteiger partial charge on any atom is 0.573 e. The Kier molecular flexibility index (Phi) is 3.20. The van der Waals surface area contributed by atoms with Gasteiger partial charge in [-0.3, -0.25) is 0 Å². The predicted octanol–water partition coefficient (Wildman–Crippen LogP) is 2.96. The van der Waals surface area contributed by atoms with E-state index in [1.54, 1.807) is 6.92 Å². The van der Waals surface area contributed by atoms with E-state index in [0.29, 0.717) is 11.1 Å². The number of nitrogens with zero attached hydrogens (tertiary/aromatic N) is 1. The quantitative estimate of drug-likeness (QED) is 0.759. The molecular formula is C10H8F3NO. The normalized spacial score (nSPS) is 10.9. The summed E-state index contributed by atoms with van der Waals surface area (Å²) in [4.78, 5) is 0. The first kappa shape index (κ1) is 11.4. The highest BCUT2D eigenvalue weighted by molar-refractivity contribution is 5.36. The largest absolute Gasteiger partial charge is 0.573 e. The molecule has 80 valence electrons. The molecule has 1 rings (SSSR count).